The number of nitrogens with one attached hydrogen (secondary N) is 1. The van der Waals surface area contributed by atoms with E-state index >= 15 is 0 Å². The average Bonchev–Trinajstić information content (AvgIpc) is 2.62. The van der Waals surface area contributed by atoms with Gasteiger partial charge in [-0.1, -0.05) is 12.8 Å². The smallest absolute Gasteiger partial charge is 0.303 e. The molecule has 2 N–H and O–H groups in total. The van der Waals surface area contributed by atoms with Crippen molar-refractivity contribution in [3.05, 3.63) is 11.1 Å². The summed E-state index contributed by atoms with van der Waals surface area (Å²) in [6.45, 7) is 2.90. The molecule has 0 spiro atoms. The molecule has 1 aromatic heterocycles. The number of aliphatic carboxylic acids is 1. The van der Waals surface area contributed by atoms with Crippen LogP contribution in [0, 0.1) is 6.92 Å². The standard InChI is InChI=1S/C11H18N2O2S/c1-9-8-16-11(13-9)12-7-5-3-2-4-6-10(14)15/h8H,2-7H2,1H3,(H,12,13)(H,14,15). The lowest BCUT2D eigenvalue weighted by Crippen LogP contribution is -2.01. The number of unbranched alkanes of at least 4 members (excludes halogenated alkanes) is 3. The second-order valence-corrected chi connectivity index (χ2v) is 4.64. The van der Waals surface area contributed by atoms with Gasteiger partial charge in [-0.15, -0.1) is 11.3 Å². The Balaban J connectivity index is 1.94. The van der Waals surface area contributed by atoms with Crippen LogP contribution in [0.2, 0.25) is 0 Å². The quantitative estimate of drug-likeness (QED) is 0.688. The summed E-state index contributed by atoms with van der Waals surface area (Å²) in [5.74, 6) is -0.698. The lowest BCUT2D eigenvalue weighted by Gasteiger charge is -2.01. The van der Waals surface area contributed by atoms with Crippen molar-refractivity contribution in [1.82, 2.24) is 4.98 Å². The highest BCUT2D eigenvalue weighted by Gasteiger charge is 1.98. The molecule has 0 aromatic carbocycles. The van der Waals surface area contributed by atoms with Gasteiger partial charge in [0.25, 0.3) is 0 Å². The molecule has 0 aliphatic heterocycles. The SMILES string of the molecule is Cc1csc(NCCCCCCC(=O)O)n1. The Hall–Kier alpha value is -1.10. The highest BCUT2D eigenvalue weighted by molar-refractivity contribution is 7.13. The monoisotopic (exact) mass is 242 g/mol. The highest BCUT2D eigenvalue weighted by Crippen LogP contribution is 2.14. The van der Waals surface area contributed by atoms with Gasteiger partial charge in [0.05, 0.1) is 5.69 Å². The zero-order valence-corrected chi connectivity index (χ0v) is 10.3. The van der Waals surface area contributed by atoms with Gasteiger partial charge in [-0.05, 0) is 19.8 Å². The molecule has 16 heavy (non-hydrogen) atoms. The molecule has 5 heteroatoms. The Morgan fingerprint density at radius 2 is 2.19 bits per heavy atom. The van der Waals surface area contributed by atoms with Crippen LogP contribution in [0.1, 0.15) is 37.8 Å². The summed E-state index contributed by atoms with van der Waals surface area (Å²) in [7, 11) is 0. The summed E-state index contributed by atoms with van der Waals surface area (Å²) < 4.78 is 0. The van der Waals surface area contributed by atoms with Crippen LogP contribution in [0.3, 0.4) is 0 Å². The van der Waals surface area contributed by atoms with Crippen molar-refractivity contribution in [2.24, 2.45) is 0 Å². The molecule has 0 saturated heterocycles. The van der Waals surface area contributed by atoms with Crippen molar-refractivity contribution in [3.63, 3.8) is 0 Å². The fraction of sp³-hybridized carbons (Fsp3) is 0.636. The Labute approximate surface area is 99.7 Å². The van der Waals surface area contributed by atoms with E-state index in [2.05, 4.69) is 10.3 Å². The molecule has 1 rings (SSSR count). The Kier molecular flexibility index (Phi) is 5.85. The van der Waals surface area contributed by atoms with E-state index in [-0.39, 0.29) is 0 Å². The van der Waals surface area contributed by atoms with Crippen molar-refractivity contribution < 1.29 is 9.90 Å². The zero-order valence-electron chi connectivity index (χ0n) is 9.53. The largest absolute Gasteiger partial charge is 0.481 e. The predicted octanol–water partition coefficient (Wildman–Crippen LogP) is 2.90. The van der Waals surface area contributed by atoms with E-state index in [4.69, 9.17) is 5.11 Å². The van der Waals surface area contributed by atoms with E-state index in [0.717, 1.165) is 43.1 Å². The first-order chi connectivity index (χ1) is 7.68. The fourth-order valence-electron chi connectivity index (χ4n) is 1.39. The fourth-order valence-corrected chi connectivity index (χ4v) is 2.10. The van der Waals surface area contributed by atoms with Crippen LogP contribution < -0.4 is 5.32 Å². The van der Waals surface area contributed by atoms with Crippen molar-refractivity contribution >= 4 is 22.4 Å². The molecule has 0 aliphatic carbocycles. The average molecular weight is 242 g/mol. The third-order valence-corrected chi connectivity index (χ3v) is 3.13. The summed E-state index contributed by atoms with van der Waals surface area (Å²) in [6.07, 6.45) is 4.21. The third-order valence-electron chi connectivity index (χ3n) is 2.21. The van der Waals surface area contributed by atoms with Crippen molar-refractivity contribution in [2.75, 3.05) is 11.9 Å². The normalized spacial score (nSPS) is 10.3. The minimum absolute atomic E-state index is 0.291. The molecular weight excluding hydrogens is 224 g/mol. The number of hydrogen-bond acceptors (Lipinski definition) is 4. The van der Waals surface area contributed by atoms with Crippen molar-refractivity contribution in [2.45, 2.75) is 39.0 Å². The van der Waals surface area contributed by atoms with Crippen LogP contribution in [0.15, 0.2) is 5.38 Å². The topological polar surface area (TPSA) is 62.2 Å². The Morgan fingerprint density at radius 1 is 1.44 bits per heavy atom. The number of carboxylic acid groups (broad SMARTS) is 1. The van der Waals surface area contributed by atoms with E-state index in [0.29, 0.717) is 6.42 Å². The minimum atomic E-state index is -0.698. The van der Waals surface area contributed by atoms with Gasteiger partial charge in [-0.25, -0.2) is 4.98 Å². The molecule has 0 bridgehead atoms. The first kappa shape index (κ1) is 13.0. The molecule has 0 fully saturated rings. The third kappa shape index (κ3) is 5.70. The predicted molar refractivity (Wildman–Crippen MR) is 66.1 cm³/mol. The minimum Gasteiger partial charge on any atom is -0.481 e. The molecular formula is C11H18N2O2S. The van der Waals surface area contributed by atoms with Crippen LogP contribution >= 0.6 is 11.3 Å². The second-order valence-electron chi connectivity index (χ2n) is 3.78. The number of aryl methyl sites for hydroxylation is 1. The molecule has 4 nitrogen and oxygen atoms in total. The Morgan fingerprint density at radius 3 is 2.81 bits per heavy atom. The number of anilines is 1. The van der Waals surface area contributed by atoms with E-state index in [1.54, 1.807) is 11.3 Å². The highest BCUT2D eigenvalue weighted by atomic mass is 32.1. The number of thiazole rings is 1. The molecule has 0 aliphatic rings. The van der Waals surface area contributed by atoms with Gasteiger partial charge in [0.1, 0.15) is 0 Å². The van der Waals surface area contributed by atoms with Gasteiger partial charge in [0.15, 0.2) is 5.13 Å². The second kappa shape index (κ2) is 7.22. The molecule has 1 heterocycles. The molecule has 0 atom stereocenters. The van der Waals surface area contributed by atoms with E-state index in [1.165, 1.54) is 0 Å². The Bertz CT molecular complexity index is 326. The number of carboxylic acids is 1. The van der Waals surface area contributed by atoms with E-state index in [9.17, 15) is 4.79 Å². The molecule has 0 amide bonds. The summed E-state index contributed by atoms with van der Waals surface area (Å²) >= 11 is 1.62. The maximum absolute atomic E-state index is 10.3. The lowest BCUT2D eigenvalue weighted by atomic mass is 10.1. The first-order valence-corrected chi connectivity index (χ1v) is 6.44. The van der Waals surface area contributed by atoms with E-state index < -0.39 is 5.97 Å². The maximum Gasteiger partial charge on any atom is 0.303 e. The van der Waals surface area contributed by atoms with Crippen molar-refractivity contribution in [3.8, 4) is 0 Å². The van der Waals surface area contributed by atoms with Crippen molar-refractivity contribution in [1.29, 1.82) is 0 Å². The lowest BCUT2D eigenvalue weighted by molar-refractivity contribution is -0.137. The summed E-state index contributed by atoms with van der Waals surface area (Å²) in [6, 6.07) is 0. The van der Waals surface area contributed by atoms with Gasteiger partial charge in [-0.2, -0.15) is 0 Å². The molecule has 1 aromatic rings. The molecule has 90 valence electrons. The van der Waals surface area contributed by atoms with Crippen LogP contribution in [0.25, 0.3) is 0 Å². The van der Waals surface area contributed by atoms with Gasteiger partial charge in [0, 0.05) is 18.3 Å². The summed E-state index contributed by atoms with van der Waals surface area (Å²) in [4.78, 5) is 14.6. The van der Waals surface area contributed by atoms with Gasteiger partial charge < -0.3 is 10.4 Å². The number of rotatable bonds is 8. The summed E-state index contributed by atoms with van der Waals surface area (Å²) in [5.41, 5.74) is 1.05. The number of nitrogens with zero attached hydrogens (tertiary/aromatic N) is 1. The molecule has 0 unspecified atom stereocenters. The molecule has 0 radical (unpaired) electrons. The first-order valence-electron chi connectivity index (χ1n) is 5.56. The summed E-state index contributed by atoms with van der Waals surface area (Å²) in [5, 5.41) is 14.7. The van der Waals surface area contributed by atoms with Crippen LogP contribution in [0.4, 0.5) is 5.13 Å². The van der Waals surface area contributed by atoms with E-state index in [1.807, 2.05) is 12.3 Å². The molecule has 0 saturated carbocycles. The van der Waals surface area contributed by atoms with Gasteiger partial charge in [-0.3, -0.25) is 4.79 Å². The van der Waals surface area contributed by atoms with Crippen LogP contribution in [-0.2, 0) is 4.79 Å². The number of hydrogen-bond donors (Lipinski definition) is 2. The maximum atomic E-state index is 10.3. The number of aromatic nitrogens is 1. The zero-order chi connectivity index (χ0) is 11.8. The number of carbonyl (C=O) groups is 1. The van der Waals surface area contributed by atoms with Gasteiger partial charge >= 0.3 is 5.97 Å². The van der Waals surface area contributed by atoms with Crippen LogP contribution in [0.5, 0.6) is 0 Å². The van der Waals surface area contributed by atoms with Gasteiger partial charge in [0.2, 0.25) is 0 Å². The van der Waals surface area contributed by atoms with Crippen LogP contribution in [-0.4, -0.2) is 22.6 Å².